The number of nitrogens with zero attached hydrogens (tertiary/aromatic N) is 2. The van der Waals surface area contributed by atoms with Crippen molar-refractivity contribution in [2.45, 2.75) is 0 Å². The normalized spacial score (nSPS) is 12.6. The van der Waals surface area contributed by atoms with Gasteiger partial charge in [0, 0.05) is 21.9 Å². The van der Waals surface area contributed by atoms with Crippen LogP contribution in [0.1, 0.15) is 31.8 Å². The van der Waals surface area contributed by atoms with Crippen LogP contribution < -0.4 is 4.90 Å². The minimum Gasteiger partial charge on any atom is -0.494 e. The molecule has 6 heteroatoms. The molecule has 0 atom stereocenters. The van der Waals surface area contributed by atoms with Gasteiger partial charge in [-0.2, -0.15) is 0 Å². The molecule has 6 nitrogen and oxygen atoms in total. The number of anilines is 1. The first-order valence-electron chi connectivity index (χ1n) is 9.57. The predicted molar refractivity (Wildman–Crippen MR) is 120 cm³/mol. The van der Waals surface area contributed by atoms with E-state index < -0.39 is 11.8 Å². The molecular weight excluding hydrogens is 404 g/mol. The van der Waals surface area contributed by atoms with Gasteiger partial charge in [-0.1, -0.05) is 24.0 Å². The zero-order valence-corrected chi connectivity index (χ0v) is 16.5. The Morgan fingerprint density at radius 2 is 1.16 bits per heavy atom. The number of carbonyl (C=O) groups excluding carboxylic acids is 2. The van der Waals surface area contributed by atoms with Crippen molar-refractivity contribution in [3.8, 4) is 42.1 Å². The van der Waals surface area contributed by atoms with E-state index in [0.29, 0.717) is 22.5 Å². The Hall–Kier alpha value is -4.94. The van der Waals surface area contributed by atoms with Crippen LogP contribution >= 0.6 is 0 Å². The molecule has 1 aliphatic rings. The second kappa shape index (κ2) is 6.80. The second-order valence-electron chi connectivity index (χ2n) is 7.26. The first-order chi connectivity index (χ1) is 15.4. The van der Waals surface area contributed by atoms with Crippen LogP contribution in [0.4, 0.5) is 5.69 Å². The first-order valence-corrected chi connectivity index (χ1v) is 9.57. The molecule has 0 unspecified atom stereocenters. The quantitative estimate of drug-likeness (QED) is 0.383. The molecule has 3 aromatic carbocycles. The van der Waals surface area contributed by atoms with Crippen LogP contribution in [0, 0.1) is 24.7 Å². The summed E-state index contributed by atoms with van der Waals surface area (Å²) in [6, 6.07) is 16.1. The van der Waals surface area contributed by atoms with Gasteiger partial charge in [0.2, 0.25) is 11.8 Å². The Labute approximate surface area is 183 Å². The molecule has 0 aliphatic carbocycles. The van der Waals surface area contributed by atoms with Crippen molar-refractivity contribution in [1.82, 2.24) is 4.57 Å². The summed E-state index contributed by atoms with van der Waals surface area (Å²) in [6.45, 7) is 0. The minimum absolute atomic E-state index is 0.124. The molecule has 0 bridgehead atoms. The number of carbonyl (C=O) groups is 2. The predicted octanol–water partition coefficient (Wildman–Crippen LogP) is 3.80. The van der Waals surface area contributed by atoms with Crippen molar-refractivity contribution in [3.05, 3.63) is 82.9 Å². The molecular formula is C26H14N2O4. The maximum atomic E-state index is 13.1. The third-order valence-corrected chi connectivity index (χ3v) is 5.47. The van der Waals surface area contributed by atoms with Gasteiger partial charge in [-0.25, -0.2) is 4.90 Å². The highest BCUT2D eigenvalue weighted by Crippen LogP contribution is 2.42. The number of rotatable bonds is 2. The van der Waals surface area contributed by atoms with Gasteiger partial charge in [0.1, 0.15) is 0 Å². The average Bonchev–Trinajstić information content (AvgIpc) is 3.21. The van der Waals surface area contributed by atoms with E-state index in [9.17, 15) is 19.8 Å². The summed E-state index contributed by atoms with van der Waals surface area (Å²) in [7, 11) is 0. The fraction of sp³-hybridized carbons (Fsp3) is 0. The maximum Gasteiger partial charge on any atom is 0.266 e. The van der Waals surface area contributed by atoms with Gasteiger partial charge < -0.3 is 10.2 Å². The summed E-state index contributed by atoms with van der Waals surface area (Å²) in [6.07, 6.45) is 10.9. The van der Waals surface area contributed by atoms with E-state index >= 15 is 0 Å². The first kappa shape index (κ1) is 19.0. The van der Waals surface area contributed by atoms with Crippen molar-refractivity contribution in [2.24, 2.45) is 0 Å². The van der Waals surface area contributed by atoms with Gasteiger partial charge in [0.25, 0.3) is 11.8 Å². The zero-order valence-electron chi connectivity index (χ0n) is 16.5. The number of terminal acetylenes is 2. The van der Waals surface area contributed by atoms with Crippen molar-refractivity contribution in [1.29, 1.82) is 0 Å². The van der Waals surface area contributed by atoms with Crippen molar-refractivity contribution in [3.63, 3.8) is 0 Å². The lowest BCUT2D eigenvalue weighted by Crippen LogP contribution is -2.29. The van der Waals surface area contributed by atoms with E-state index in [2.05, 4.69) is 11.8 Å². The Morgan fingerprint density at radius 3 is 1.66 bits per heavy atom. The summed E-state index contributed by atoms with van der Waals surface area (Å²) in [5.41, 5.74) is 2.13. The molecule has 152 valence electrons. The molecule has 0 fully saturated rings. The summed E-state index contributed by atoms with van der Waals surface area (Å²) >= 11 is 0. The SMILES string of the molecule is C#Cc1cccc(N2C(=O)c3cc4c(O)n(-c5cccc(C#C)c5)c(O)c4cc3C2=O)c1. The molecule has 2 heterocycles. The van der Waals surface area contributed by atoms with E-state index in [1.165, 1.54) is 16.7 Å². The third-order valence-electron chi connectivity index (χ3n) is 5.47. The van der Waals surface area contributed by atoms with E-state index in [1.54, 1.807) is 48.5 Å². The monoisotopic (exact) mass is 418 g/mol. The van der Waals surface area contributed by atoms with Crippen LogP contribution in [0.15, 0.2) is 60.7 Å². The van der Waals surface area contributed by atoms with E-state index in [0.717, 1.165) is 4.90 Å². The number of aromatic nitrogens is 1. The number of fused-ring (bicyclic) bond motifs is 2. The Bertz CT molecular complexity index is 1500. The summed E-state index contributed by atoms with van der Waals surface area (Å²) < 4.78 is 1.21. The lowest BCUT2D eigenvalue weighted by molar-refractivity contribution is 0.0926. The summed E-state index contributed by atoms with van der Waals surface area (Å²) in [5.74, 6) is 3.35. The number of imide groups is 1. The van der Waals surface area contributed by atoms with E-state index in [1.807, 2.05) is 0 Å². The Balaban J connectivity index is 1.68. The Kier molecular flexibility index (Phi) is 4.05. The minimum atomic E-state index is -0.540. The summed E-state index contributed by atoms with van der Waals surface area (Å²) in [5, 5.41) is 22.1. The van der Waals surface area contributed by atoms with Gasteiger partial charge in [-0.15, -0.1) is 12.8 Å². The lowest BCUT2D eigenvalue weighted by atomic mass is 10.1. The Morgan fingerprint density at radius 1 is 0.688 bits per heavy atom. The van der Waals surface area contributed by atoms with Crippen LogP contribution in [-0.4, -0.2) is 26.6 Å². The molecule has 0 saturated carbocycles. The van der Waals surface area contributed by atoms with Gasteiger partial charge in [-0.3, -0.25) is 14.2 Å². The largest absolute Gasteiger partial charge is 0.494 e. The fourth-order valence-electron chi connectivity index (χ4n) is 3.95. The van der Waals surface area contributed by atoms with Crippen LogP contribution in [0.2, 0.25) is 0 Å². The topological polar surface area (TPSA) is 82.8 Å². The molecule has 0 radical (unpaired) electrons. The number of hydrogen-bond acceptors (Lipinski definition) is 4. The molecule has 1 aliphatic heterocycles. The number of amides is 2. The van der Waals surface area contributed by atoms with Gasteiger partial charge in [0.15, 0.2) is 0 Å². The standard InChI is InChI=1S/C26H14N2O4/c1-3-15-7-5-9-17(11-15)27-23(29)19-13-21-22(14-20(19)24(27)30)26(32)28(25(21)31)18-10-6-8-16(4-2)12-18/h1-2,5-14,29-30H. The maximum absolute atomic E-state index is 13.1. The van der Waals surface area contributed by atoms with Crippen molar-refractivity contribution in [2.75, 3.05) is 4.90 Å². The molecule has 1 aromatic heterocycles. The lowest BCUT2D eigenvalue weighted by Gasteiger charge is -2.14. The van der Waals surface area contributed by atoms with Gasteiger partial charge in [0.05, 0.1) is 22.5 Å². The average molecular weight is 418 g/mol. The smallest absolute Gasteiger partial charge is 0.266 e. The number of benzene rings is 3. The molecule has 5 rings (SSSR count). The zero-order chi connectivity index (χ0) is 22.6. The molecule has 0 saturated heterocycles. The van der Waals surface area contributed by atoms with Crippen molar-refractivity contribution >= 4 is 28.3 Å². The third kappa shape index (κ3) is 2.57. The van der Waals surface area contributed by atoms with Crippen LogP contribution in [-0.2, 0) is 0 Å². The highest BCUT2D eigenvalue weighted by molar-refractivity contribution is 6.35. The molecule has 4 aromatic rings. The molecule has 2 N–H and O–H groups in total. The summed E-state index contributed by atoms with van der Waals surface area (Å²) in [4.78, 5) is 27.2. The van der Waals surface area contributed by atoms with Crippen molar-refractivity contribution < 1.29 is 19.8 Å². The van der Waals surface area contributed by atoms with Crippen LogP contribution in [0.25, 0.3) is 16.5 Å². The molecule has 32 heavy (non-hydrogen) atoms. The highest BCUT2D eigenvalue weighted by Gasteiger charge is 2.38. The van der Waals surface area contributed by atoms with Gasteiger partial charge >= 0.3 is 0 Å². The van der Waals surface area contributed by atoms with E-state index in [4.69, 9.17) is 12.8 Å². The number of aromatic hydroxyl groups is 2. The number of hydrogen-bond donors (Lipinski definition) is 2. The van der Waals surface area contributed by atoms with Gasteiger partial charge in [-0.05, 0) is 48.5 Å². The van der Waals surface area contributed by atoms with E-state index in [-0.39, 0.29) is 33.7 Å². The van der Waals surface area contributed by atoms with Crippen LogP contribution in [0.5, 0.6) is 11.8 Å². The van der Waals surface area contributed by atoms with Crippen LogP contribution in [0.3, 0.4) is 0 Å². The molecule has 2 amide bonds. The fourth-order valence-corrected chi connectivity index (χ4v) is 3.95. The highest BCUT2D eigenvalue weighted by atomic mass is 16.3. The molecule has 0 spiro atoms. The second-order valence-corrected chi connectivity index (χ2v) is 7.26.